The van der Waals surface area contributed by atoms with Crippen LogP contribution in [0.4, 0.5) is 5.69 Å². The number of anilines is 1. The standard InChI is InChI=1S/C21H24BrN3O8/c1-25(2)13-11-14(26)6-3-5-4-7(22)12(23)16(28)8(5)15(27)9(6)18(30)21(11,33)19(31)10(17(13)29)20(24)32/h4,6,10-11,13-14,17,26-29,33H,3,23H2,1-2H3,(H2,24,32)/t6-,10?,11-,13+,14+,17?,21+/m0/s1. The fourth-order valence-electron chi connectivity index (χ4n) is 5.65. The highest BCUT2D eigenvalue weighted by Gasteiger charge is 2.70. The molecule has 1 amide bonds. The molecule has 0 aliphatic heterocycles. The van der Waals surface area contributed by atoms with E-state index in [0.29, 0.717) is 10.0 Å². The average molecular weight is 526 g/mol. The lowest BCUT2D eigenvalue weighted by molar-refractivity contribution is -0.198. The molecule has 3 aliphatic rings. The number of phenolic OH excluding ortho intramolecular Hbond substituents is 1. The number of nitrogens with zero attached hydrogens (tertiary/aromatic N) is 1. The van der Waals surface area contributed by atoms with Crippen molar-refractivity contribution in [2.75, 3.05) is 19.8 Å². The van der Waals surface area contributed by atoms with Gasteiger partial charge in [-0.05, 0) is 48.1 Å². The number of primary amides is 1. The molecule has 1 aromatic carbocycles. The summed E-state index contributed by atoms with van der Waals surface area (Å²) in [5.41, 5.74) is 7.84. The molecule has 1 aromatic rings. The summed E-state index contributed by atoms with van der Waals surface area (Å²) in [6.45, 7) is 0. The van der Waals surface area contributed by atoms with Gasteiger partial charge in [-0.25, -0.2) is 0 Å². The number of carbonyl (C=O) groups excluding carboxylic acids is 3. The molecule has 2 fully saturated rings. The Kier molecular flexibility index (Phi) is 5.37. The lowest BCUT2D eigenvalue weighted by Crippen LogP contribution is -2.76. The van der Waals surface area contributed by atoms with Crippen LogP contribution < -0.4 is 11.5 Å². The van der Waals surface area contributed by atoms with Crippen LogP contribution in [0.15, 0.2) is 16.1 Å². The number of ketones is 2. The topological polar surface area (TPSA) is 208 Å². The molecule has 178 valence electrons. The minimum Gasteiger partial charge on any atom is -0.507 e. The Labute approximate surface area is 196 Å². The number of phenols is 1. The van der Waals surface area contributed by atoms with Gasteiger partial charge in [-0.15, -0.1) is 0 Å². The number of amides is 1. The van der Waals surface area contributed by atoms with Crippen LogP contribution in [0.5, 0.6) is 5.75 Å². The third kappa shape index (κ3) is 2.91. The molecule has 9 N–H and O–H groups in total. The second kappa shape index (κ2) is 7.50. The third-order valence-corrected chi connectivity index (χ3v) is 7.80. The summed E-state index contributed by atoms with van der Waals surface area (Å²) in [6.07, 6.45) is -3.31. The Morgan fingerprint density at radius 3 is 2.36 bits per heavy atom. The van der Waals surface area contributed by atoms with Gasteiger partial charge in [-0.3, -0.25) is 14.4 Å². The molecule has 2 saturated carbocycles. The number of Topliss-reactive ketones (excluding diaryl/α,β-unsaturated/α-hetero) is 2. The molecule has 0 heterocycles. The van der Waals surface area contributed by atoms with Gasteiger partial charge in [0.05, 0.1) is 23.5 Å². The van der Waals surface area contributed by atoms with E-state index in [1.807, 2.05) is 0 Å². The van der Waals surface area contributed by atoms with Crippen molar-refractivity contribution in [3.05, 3.63) is 27.2 Å². The van der Waals surface area contributed by atoms with Crippen LogP contribution in [0.1, 0.15) is 11.1 Å². The van der Waals surface area contributed by atoms with Crippen LogP contribution in [-0.4, -0.2) is 85.9 Å². The number of aromatic hydroxyl groups is 1. The zero-order chi connectivity index (χ0) is 24.7. The first-order chi connectivity index (χ1) is 15.3. The van der Waals surface area contributed by atoms with E-state index in [4.69, 9.17) is 11.5 Å². The number of hydrogen-bond acceptors (Lipinski definition) is 10. The molecular formula is C21H24BrN3O8. The summed E-state index contributed by atoms with van der Waals surface area (Å²) in [4.78, 5) is 40.2. The fraction of sp³-hybridized carbons (Fsp3) is 0.476. The molecule has 0 saturated heterocycles. The van der Waals surface area contributed by atoms with Gasteiger partial charge in [0.25, 0.3) is 0 Å². The zero-order valence-electron chi connectivity index (χ0n) is 17.7. The van der Waals surface area contributed by atoms with E-state index in [1.54, 1.807) is 0 Å². The summed E-state index contributed by atoms with van der Waals surface area (Å²) in [5.74, 6) is -9.55. The van der Waals surface area contributed by atoms with Crippen molar-refractivity contribution < 1.29 is 39.9 Å². The van der Waals surface area contributed by atoms with Crippen LogP contribution in [0, 0.1) is 17.8 Å². The first-order valence-corrected chi connectivity index (χ1v) is 10.9. The number of rotatable bonds is 2. The Bertz CT molecular complexity index is 1130. The third-order valence-electron chi connectivity index (χ3n) is 7.15. The molecule has 7 atom stereocenters. The largest absolute Gasteiger partial charge is 0.507 e. The highest BCUT2D eigenvalue weighted by Crippen LogP contribution is 2.53. The molecule has 4 rings (SSSR count). The van der Waals surface area contributed by atoms with Crippen LogP contribution in [0.2, 0.25) is 0 Å². The molecule has 3 aliphatic carbocycles. The number of aliphatic hydroxyl groups excluding tert-OH is 3. The van der Waals surface area contributed by atoms with Crippen LogP contribution in [0.3, 0.4) is 0 Å². The van der Waals surface area contributed by atoms with Crippen LogP contribution >= 0.6 is 15.9 Å². The van der Waals surface area contributed by atoms with Gasteiger partial charge in [0.2, 0.25) is 11.7 Å². The summed E-state index contributed by atoms with van der Waals surface area (Å²) in [6, 6.07) is 0.337. The predicted octanol–water partition coefficient (Wildman–Crippen LogP) is -1.56. The number of nitrogen functional groups attached to an aromatic ring is 1. The van der Waals surface area contributed by atoms with E-state index in [-0.39, 0.29) is 17.7 Å². The highest BCUT2D eigenvalue weighted by atomic mass is 79.9. The van der Waals surface area contributed by atoms with Crippen LogP contribution in [0.25, 0.3) is 5.76 Å². The average Bonchev–Trinajstić information content (AvgIpc) is 2.71. The number of hydrogen-bond donors (Lipinski definition) is 7. The first kappa shape index (κ1) is 23.6. The van der Waals surface area contributed by atoms with Crippen molar-refractivity contribution in [1.29, 1.82) is 0 Å². The number of nitrogens with two attached hydrogens (primary N) is 2. The number of carbonyl (C=O) groups is 3. The van der Waals surface area contributed by atoms with Crippen molar-refractivity contribution in [2.24, 2.45) is 23.5 Å². The predicted molar refractivity (Wildman–Crippen MR) is 118 cm³/mol. The van der Waals surface area contributed by atoms with Gasteiger partial charge in [-0.2, -0.15) is 0 Å². The maximum atomic E-state index is 13.6. The Morgan fingerprint density at radius 2 is 1.82 bits per heavy atom. The normalized spacial score (nSPS) is 35.8. The Morgan fingerprint density at radius 1 is 1.21 bits per heavy atom. The minimum atomic E-state index is -2.94. The summed E-state index contributed by atoms with van der Waals surface area (Å²) >= 11 is 3.21. The van der Waals surface area contributed by atoms with E-state index in [2.05, 4.69) is 15.9 Å². The molecule has 0 spiro atoms. The Hall–Kier alpha value is -2.51. The van der Waals surface area contributed by atoms with Crippen LogP contribution in [-0.2, 0) is 20.8 Å². The smallest absolute Gasteiger partial charge is 0.230 e. The van der Waals surface area contributed by atoms with Crippen molar-refractivity contribution in [1.82, 2.24) is 4.90 Å². The number of fused-ring (bicyclic) bond motifs is 3. The number of aliphatic hydroxyl groups is 4. The summed E-state index contributed by atoms with van der Waals surface area (Å²) < 4.78 is 0.335. The molecular weight excluding hydrogens is 502 g/mol. The number of likely N-dealkylation sites (N-methyl/N-ethyl adjacent to an activating group) is 1. The highest BCUT2D eigenvalue weighted by molar-refractivity contribution is 9.10. The lowest BCUT2D eigenvalue weighted by Gasteiger charge is -2.55. The fourth-order valence-corrected chi connectivity index (χ4v) is 6.11. The number of halogens is 1. The zero-order valence-corrected chi connectivity index (χ0v) is 19.3. The van der Waals surface area contributed by atoms with E-state index < -0.39 is 76.2 Å². The summed E-state index contributed by atoms with van der Waals surface area (Å²) in [7, 11) is 2.99. The molecule has 33 heavy (non-hydrogen) atoms. The second-order valence-electron chi connectivity index (χ2n) is 9.03. The van der Waals surface area contributed by atoms with E-state index in [0.717, 1.165) is 0 Å². The molecule has 0 bridgehead atoms. The first-order valence-electron chi connectivity index (χ1n) is 10.1. The lowest BCUT2D eigenvalue weighted by atomic mass is 9.53. The molecule has 2 unspecified atom stereocenters. The maximum Gasteiger partial charge on any atom is 0.230 e. The van der Waals surface area contributed by atoms with Crippen molar-refractivity contribution in [2.45, 2.75) is 30.3 Å². The van der Waals surface area contributed by atoms with E-state index in [1.165, 1.54) is 25.1 Å². The molecule has 12 heteroatoms. The quantitative estimate of drug-likeness (QED) is 0.134. The van der Waals surface area contributed by atoms with Crippen molar-refractivity contribution >= 4 is 44.9 Å². The van der Waals surface area contributed by atoms with Gasteiger partial charge in [-0.1, -0.05) is 0 Å². The van der Waals surface area contributed by atoms with Gasteiger partial charge in [0, 0.05) is 27.9 Å². The van der Waals surface area contributed by atoms with Gasteiger partial charge in [0.1, 0.15) is 11.7 Å². The minimum absolute atomic E-state index is 0.0374. The van der Waals surface area contributed by atoms with Gasteiger partial charge < -0.3 is 41.9 Å². The van der Waals surface area contributed by atoms with Crippen molar-refractivity contribution in [3.63, 3.8) is 0 Å². The molecule has 0 radical (unpaired) electrons. The number of benzene rings is 1. The summed E-state index contributed by atoms with van der Waals surface area (Å²) in [5, 5.41) is 55.1. The maximum absolute atomic E-state index is 13.6. The Balaban J connectivity index is 1.99. The van der Waals surface area contributed by atoms with Crippen molar-refractivity contribution in [3.8, 4) is 5.75 Å². The monoisotopic (exact) mass is 525 g/mol. The van der Waals surface area contributed by atoms with E-state index in [9.17, 15) is 39.9 Å². The second-order valence-corrected chi connectivity index (χ2v) is 9.88. The SMILES string of the molecule is CN(C)[C@H]1C(O)C(C(N)=O)C(=O)[C@]2(O)C(=O)C3=C(O)c4c(cc(Br)c(N)c4O)C[C@@H]3[C@@H](O)[C@H]12. The van der Waals surface area contributed by atoms with E-state index >= 15 is 0 Å². The van der Waals surface area contributed by atoms with Gasteiger partial charge in [0.15, 0.2) is 17.1 Å². The van der Waals surface area contributed by atoms with Gasteiger partial charge >= 0.3 is 0 Å². The molecule has 11 nitrogen and oxygen atoms in total. The molecule has 0 aromatic heterocycles.